The normalized spacial score (nSPS) is 10.8. The zero-order valence-corrected chi connectivity index (χ0v) is 11.8. The fourth-order valence-corrected chi connectivity index (χ4v) is 3.23. The van der Waals surface area contributed by atoms with Crippen molar-refractivity contribution in [1.82, 2.24) is 9.55 Å². The standard InChI is InChI=1S/C12H10N4O2S2/c13-7-1-2-8-9(5-7)20-11(14-8)15-10(17)6-16-3-4-19-12(16)18/h1-5H,6,13H2,(H,14,15,17). The molecule has 0 atom stereocenters. The summed E-state index contributed by atoms with van der Waals surface area (Å²) in [6, 6.07) is 5.38. The van der Waals surface area contributed by atoms with Gasteiger partial charge in [-0.05, 0) is 18.2 Å². The first-order valence-corrected chi connectivity index (χ1v) is 7.41. The van der Waals surface area contributed by atoms with E-state index in [1.807, 2.05) is 6.07 Å². The summed E-state index contributed by atoms with van der Waals surface area (Å²) in [5, 5.41) is 4.84. The van der Waals surface area contributed by atoms with Crippen molar-refractivity contribution >= 4 is 49.6 Å². The molecule has 2 heterocycles. The monoisotopic (exact) mass is 306 g/mol. The predicted molar refractivity (Wildman–Crippen MR) is 81.2 cm³/mol. The molecule has 3 rings (SSSR count). The van der Waals surface area contributed by atoms with Gasteiger partial charge in [-0.25, -0.2) is 4.98 Å². The zero-order chi connectivity index (χ0) is 14.1. The molecule has 3 aromatic rings. The fraction of sp³-hybridized carbons (Fsp3) is 0.0833. The molecule has 0 bridgehead atoms. The molecule has 0 saturated heterocycles. The smallest absolute Gasteiger partial charge is 0.307 e. The summed E-state index contributed by atoms with van der Waals surface area (Å²) in [5.41, 5.74) is 7.14. The van der Waals surface area contributed by atoms with E-state index >= 15 is 0 Å². The van der Waals surface area contributed by atoms with E-state index in [1.54, 1.807) is 23.7 Å². The maximum Gasteiger partial charge on any atom is 0.307 e. The number of rotatable bonds is 3. The molecule has 0 unspecified atom stereocenters. The SMILES string of the molecule is Nc1ccc2nc(NC(=O)Cn3ccsc3=O)sc2c1. The number of nitrogens with zero attached hydrogens (tertiary/aromatic N) is 2. The van der Waals surface area contributed by atoms with Gasteiger partial charge in [0.1, 0.15) is 6.54 Å². The Balaban J connectivity index is 1.77. The van der Waals surface area contributed by atoms with Gasteiger partial charge in [0.15, 0.2) is 5.13 Å². The average molecular weight is 306 g/mol. The molecule has 3 N–H and O–H groups in total. The van der Waals surface area contributed by atoms with Crippen LogP contribution in [-0.2, 0) is 11.3 Å². The molecule has 1 amide bonds. The van der Waals surface area contributed by atoms with Crippen LogP contribution in [0.5, 0.6) is 0 Å². The van der Waals surface area contributed by atoms with Crippen LogP contribution in [0.2, 0.25) is 0 Å². The van der Waals surface area contributed by atoms with Crippen LogP contribution in [0.3, 0.4) is 0 Å². The van der Waals surface area contributed by atoms with Gasteiger partial charge in [-0.2, -0.15) is 0 Å². The van der Waals surface area contributed by atoms with Gasteiger partial charge in [-0.3, -0.25) is 14.2 Å². The first-order valence-electron chi connectivity index (χ1n) is 5.72. The minimum atomic E-state index is -0.280. The molecule has 0 aliphatic heterocycles. The highest BCUT2D eigenvalue weighted by Gasteiger charge is 2.09. The van der Waals surface area contributed by atoms with E-state index < -0.39 is 0 Å². The number of nitrogens with one attached hydrogen (secondary N) is 1. The Morgan fingerprint density at radius 2 is 2.30 bits per heavy atom. The van der Waals surface area contributed by atoms with Crippen LogP contribution in [0, 0.1) is 0 Å². The maximum atomic E-state index is 11.9. The number of nitrogen functional groups attached to an aromatic ring is 1. The molecular formula is C12H10N4O2S2. The molecule has 2 aromatic heterocycles. The first-order chi connectivity index (χ1) is 9.61. The number of amides is 1. The predicted octanol–water partition coefficient (Wildman–Crippen LogP) is 1.74. The van der Waals surface area contributed by atoms with Gasteiger partial charge in [0.2, 0.25) is 5.91 Å². The van der Waals surface area contributed by atoms with Gasteiger partial charge < -0.3 is 11.1 Å². The topological polar surface area (TPSA) is 90.0 Å². The summed E-state index contributed by atoms with van der Waals surface area (Å²) in [5.74, 6) is -0.280. The number of benzene rings is 1. The molecular weight excluding hydrogens is 296 g/mol. The van der Waals surface area contributed by atoms with Crippen molar-refractivity contribution in [3.63, 3.8) is 0 Å². The quantitative estimate of drug-likeness (QED) is 0.721. The Morgan fingerprint density at radius 1 is 1.45 bits per heavy atom. The molecule has 102 valence electrons. The molecule has 20 heavy (non-hydrogen) atoms. The van der Waals surface area contributed by atoms with Crippen LogP contribution in [0.25, 0.3) is 10.2 Å². The minimum absolute atomic E-state index is 0.0135. The molecule has 0 aliphatic carbocycles. The molecule has 1 aromatic carbocycles. The van der Waals surface area contributed by atoms with Crippen molar-refractivity contribution in [1.29, 1.82) is 0 Å². The number of nitrogens with two attached hydrogens (primary N) is 1. The lowest BCUT2D eigenvalue weighted by atomic mass is 10.3. The van der Waals surface area contributed by atoms with E-state index in [1.165, 1.54) is 15.9 Å². The summed E-state index contributed by atoms with van der Waals surface area (Å²) in [6.45, 7) is -0.0135. The van der Waals surface area contributed by atoms with Crippen molar-refractivity contribution in [3.05, 3.63) is 39.4 Å². The lowest BCUT2D eigenvalue weighted by Crippen LogP contribution is -2.23. The van der Waals surface area contributed by atoms with Gasteiger partial charge in [0.05, 0.1) is 10.2 Å². The second kappa shape index (κ2) is 5.06. The molecule has 8 heteroatoms. The zero-order valence-electron chi connectivity index (χ0n) is 10.2. The fourth-order valence-electron chi connectivity index (χ4n) is 1.72. The molecule has 0 aliphatic rings. The summed E-state index contributed by atoms with van der Waals surface area (Å²) in [4.78, 5) is 27.3. The largest absolute Gasteiger partial charge is 0.399 e. The van der Waals surface area contributed by atoms with Crippen LogP contribution in [0.4, 0.5) is 10.8 Å². The molecule has 0 saturated carbocycles. The third-order valence-corrected chi connectivity index (χ3v) is 4.24. The van der Waals surface area contributed by atoms with E-state index in [4.69, 9.17) is 5.73 Å². The van der Waals surface area contributed by atoms with Gasteiger partial charge in [0.25, 0.3) is 0 Å². The second-order valence-electron chi connectivity index (χ2n) is 4.09. The number of hydrogen-bond acceptors (Lipinski definition) is 6. The maximum absolute atomic E-state index is 11.9. The molecule has 0 fully saturated rings. The molecule has 0 radical (unpaired) electrons. The van der Waals surface area contributed by atoms with Crippen LogP contribution in [0.15, 0.2) is 34.6 Å². The molecule has 0 spiro atoms. The Bertz CT molecular complexity index is 833. The van der Waals surface area contributed by atoms with E-state index in [0.29, 0.717) is 10.8 Å². The number of anilines is 2. The summed E-state index contributed by atoms with van der Waals surface area (Å²) in [7, 11) is 0. The van der Waals surface area contributed by atoms with E-state index in [-0.39, 0.29) is 17.3 Å². The van der Waals surface area contributed by atoms with Crippen LogP contribution >= 0.6 is 22.7 Å². The molecule has 6 nitrogen and oxygen atoms in total. The minimum Gasteiger partial charge on any atom is -0.399 e. The summed E-state index contributed by atoms with van der Waals surface area (Å²) < 4.78 is 2.26. The third kappa shape index (κ3) is 2.56. The Kier molecular flexibility index (Phi) is 3.25. The first kappa shape index (κ1) is 12.8. The number of carbonyl (C=O) groups is 1. The third-order valence-electron chi connectivity index (χ3n) is 2.62. The highest BCUT2D eigenvalue weighted by molar-refractivity contribution is 7.22. The van der Waals surface area contributed by atoms with Crippen molar-refractivity contribution in [3.8, 4) is 0 Å². The van der Waals surface area contributed by atoms with E-state index in [2.05, 4.69) is 10.3 Å². The lowest BCUT2D eigenvalue weighted by Gasteiger charge is -2.01. The van der Waals surface area contributed by atoms with E-state index in [9.17, 15) is 9.59 Å². The Labute approximate surface area is 121 Å². The number of thiazole rings is 2. The van der Waals surface area contributed by atoms with Crippen molar-refractivity contribution in [2.24, 2.45) is 0 Å². The van der Waals surface area contributed by atoms with Gasteiger partial charge in [-0.1, -0.05) is 22.7 Å². The summed E-state index contributed by atoms with van der Waals surface area (Å²) in [6.07, 6.45) is 1.59. The average Bonchev–Trinajstić information content (AvgIpc) is 2.95. The number of carbonyl (C=O) groups excluding carboxylic acids is 1. The number of hydrogen-bond donors (Lipinski definition) is 2. The highest BCUT2D eigenvalue weighted by atomic mass is 32.1. The van der Waals surface area contributed by atoms with Crippen molar-refractivity contribution in [2.75, 3.05) is 11.1 Å². The van der Waals surface area contributed by atoms with Crippen molar-refractivity contribution < 1.29 is 4.79 Å². The Morgan fingerprint density at radius 3 is 3.05 bits per heavy atom. The number of aromatic nitrogens is 2. The lowest BCUT2D eigenvalue weighted by molar-refractivity contribution is -0.116. The van der Waals surface area contributed by atoms with Crippen LogP contribution in [0.1, 0.15) is 0 Å². The van der Waals surface area contributed by atoms with Crippen molar-refractivity contribution in [2.45, 2.75) is 6.54 Å². The highest BCUT2D eigenvalue weighted by Crippen LogP contribution is 2.27. The van der Waals surface area contributed by atoms with Crippen LogP contribution < -0.4 is 15.9 Å². The van der Waals surface area contributed by atoms with Gasteiger partial charge >= 0.3 is 4.87 Å². The second-order valence-corrected chi connectivity index (χ2v) is 5.98. The van der Waals surface area contributed by atoms with Crippen LogP contribution in [-0.4, -0.2) is 15.5 Å². The summed E-state index contributed by atoms with van der Waals surface area (Å²) >= 11 is 2.41. The van der Waals surface area contributed by atoms with Gasteiger partial charge in [0, 0.05) is 17.3 Å². The number of fused-ring (bicyclic) bond motifs is 1. The van der Waals surface area contributed by atoms with Gasteiger partial charge in [-0.15, -0.1) is 0 Å². The Hall–Kier alpha value is -2.19. The van der Waals surface area contributed by atoms with E-state index in [0.717, 1.165) is 21.6 Å².